The van der Waals surface area contributed by atoms with E-state index in [2.05, 4.69) is 30.7 Å². The second-order valence-electron chi connectivity index (χ2n) is 12.4. The van der Waals surface area contributed by atoms with Crippen LogP contribution in [0.5, 0.6) is 0 Å². The van der Waals surface area contributed by atoms with E-state index < -0.39 is 12.1 Å². The molecule has 0 radical (unpaired) electrons. The summed E-state index contributed by atoms with van der Waals surface area (Å²) >= 11 is 0. The molecule has 5 heterocycles. The monoisotopic (exact) mass is 637 g/mol. The second-order valence-corrected chi connectivity index (χ2v) is 12.4. The third-order valence-electron chi connectivity index (χ3n) is 9.34. The highest BCUT2D eigenvalue weighted by Gasteiger charge is 2.34. The van der Waals surface area contributed by atoms with Crippen molar-refractivity contribution < 1.29 is 19.2 Å². The number of carbonyl (C=O) groups excluding carboxylic acids is 3. The number of nitrogens with zero attached hydrogens (tertiary/aromatic N) is 6. The van der Waals surface area contributed by atoms with Crippen molar-refractivity contribution in [3.63, 3.8) is 0 Å². The Bertz CT molecular complexity index is 1750. The smallest absolute Gasteiger partial charge is 0.353 e. The Morgan fingerprint density at radius 3 is 2.60 bits per heavy atom. The van der Waals surface area contributed by atoms with Gasteiger partial charge in [0.25, 0.3) is 0 Å². The number of urea groups is 1. The normalized spacial score (nSPS) is 18.1. The van der Waals surface area contributed by atoms with Crippen molar-refractivity contribution in [3.05, 3.63) is 83.7 Å². The van der Waals surface area contributed by atoms with Crippen molar-refractivity contribution in [3.8, 4) is 0 Å². The lowest BCUT2D eigenvalue weighted by Crippen LogP contribution is -2.56. The van der Waals surface area contributed by atoms with Gasteiger partial charge in [-0.15, -0.1) is 5.06 Å². The zero-order chi connectivity index (χ0) is 32.3. The summed E-state index contributed by atoms with van der Waals surface area (Å²) in [4.78, 5) is 56.1. The van der Waals surface area contributed by atoms with E-state index >= 15 is 0 Å². The Kier molecular flexibility index (Phi) is 8.62. The number of carbonyl (C=O) groups is 3. The number of aryl methyl sites for hydroxylation is 1. The number of pyridine rings is 1. The second kappa shape index (κ2) is 13.3. The maximum atomic E-state index is 14.0. The molecule has 2 aromatic carbocycles. The van der Waals surface area contributed by atoms with Gasteiger partial charge in [-0.25, -0.2) is 14.6 Å². The molecule has 4 aromatic rings. The van der Waals surface area contributed by atoms with Gasteiger partial charge in [-0.2, -0.15) is 5.10 Å². The SMILES string of the molecule is Cc1cc(CC(NC(=O)ON2CCC(N3Cc4ccccc4NC3=O)CC2)C(=O)N2CCN(c3ccccn3)CC2)cc2cn[nH]c12. The Labute approximate surface area is 272 Å². The van der Waals surface area contributed by atoms with Crippen molar-refractivity contribution in [2.24, 2.45) is 0 Å². The lowest BCUT2D eigenvalue weighted by atomic mass is 10.0. The van der Waals surface area contributed by atoms with Crippen LogP contribution in [0.15, 0.2) is 67.0 Å². The fourth-order valence-corrected chi connectivity index (χ4v) is 6.83. The summed E-state index contributed by atoms with van der Waals surface area (Å²) in [7, 11) is 0. The molecule has 2 saturated heterocycles. The minimum Gasteiger partial charge on any atom is -0.353 e. The minimum absolute atomic E-state index is 0.0337. The number of amides is 4. The molecular formula is C34H39N9O4. The van der Waals surface area contributed by atoms with E-state index in [0.717, 1.165) is 39.1 Å². The predicted octanol–water partition coefficient (Wildman–Crippen LogP) is 3.68. The predicted molar refractivity (Wildman–Crippen MR) is 177 cm³/mol. The van der Waals surface area contributed by atoms with E-state index in [1.54, 1.807) is 22.4 Å². The number of hydroxylamine groups is 2. The maximum Gasteiger partial charge on any atom is 0.426 e. The fourth-order valence-electron chi connectivity index (χ4n) is 6.83. The number of hydrogen-bond donors (Lipinski definition) is 3. The molecule has 244 valence electrons. The lowest BCUT2D eigenvalue weighted by Gasteiger charge is -2.40. The topological polar surface area (TPSA) is 139 Å². The van der Waals surface area contributed by atoms with E-state index in [1.807, 2.05) is 66.4 Å². The van der Waals surface area contributed by atoms with Crippen molar-refractivity contribution in [2.75, 3.05) is 49.5 Å². The molecule has 0 bridgehead atoms. The number of piperazine rings is 1. The molecule has 0 saturated carbocycles. The molecule has 4 amide bonds. The van der Waals surface area contributed by atoms with Gasteiger partial charge in [0.15, 0.2) is 0 Å². The van der Waals surface area contributed by atoms with Crippen LogP contribution in [0.4, 0.5) is 21.1 Å². The highest BCUT2D eigenvalue weighted by molar-refractivity contribution is 5.92. The van der Waals surface area contributed by atoms with Gasteiger partial charge in [-0.3, -0.25) is 9.89 Å². The van der Waals surface area contributed by atoms with E-state index in [0.29, 0.717) is 65.1 Å². The van der Waals surface area contributed by atoms with Gasteiger partial charge in [0.1, 0.15) is 11.9 Å². The molecular weight excluding hydrogens is 598 g/mol. The Morgan fingerprint density at radius 1 is 1.02 bits per heavy atom. The summed E-state index contributed by atoms with van der Waals surface area (Å²) in [5, 5.41) is 15.6. The molecule has 47 heavy (non-hydrogen) atoms. The number of fused-ring (bicyclic) bond motifs is 2. The van der Waals surface area contributed by atoms with E-state index in [1.165, 1.54) is 0 Å². The van der Waals surface area contributed by atoms with Crippen LogP contribution in [0.2, 0.25) is 0 Å². The highest BCUT2D eigenvalue weighted by atomic mass is 16.7. The Balaban J connectivity index is 0.987. The molecule has 7 rings (SSSR count). The summed E-state index contributed by atoms with van der Waals surface area (Å²) in [6.07, 6.45) is 4.50. The number of rotatable bonds is 7. The number of anilines is 2. The summed E-state index contributed by atoms with van der Waals surface area (Å²) < 4.78 is 0. The van der Waals surface area contributed by atoms with Crippen LogP contribution in [0.3, 0.4) is 0 Å². The van der Waals surface area contributed by atoms with Crippen molar-refractivity contribution in [2.45, 2.75) is 44.8 Å². The molecule has 2 fully saturated rings. The summed E-state index contributed by atoms with van der Waals surface area (Å²) in [5.74, 6) is 0.735. The molecule has 2 aromatic heterocycles. The number of piperidine rings is 1. The van der Waals surface area contributed by atoms with Crippen molar-refractivity contribution >= 4 is 40.4 Å². The summed E-state index contributed by atoms with van der Waals surface area (Å²) in [6.45, 7) is 5.84. The third-order valence-corrected chi connectivity index (χ3v) is 9.34. The molecule has 0 aliphatic carbocycles. The third kappa shape index (κ3) is 6.70. The zero-order valence-electron chi connectivity index (χ0n) is 26.4. The number of nitrogens with one attached hydrogen (secondary N) is 3. The van der Waals surface area contributed by atoms with Gasteiger partial charge in [-0.1, -0.05) is 30.3 Å². The van der Waals surface area contributed by atoms with E-state index in [4.69, 9.17) is 4.84 Å². The molecule has 3 aliphatic heterocycles. The van der Waals surface area contributed by atoms with Crippen molar-refractivity contribution in [1.29, 1.82) is 0 Å². The lowest BCUT2D eigenvalue weighted by molar-refractivity contribution is -0.136. The van der Waals surface area contributed by atoms with Crippen molar-refractivity contribution in [1.82, 2.24) is 35.4 Å². The fraction of sp³-hybridized carbons (Fsp3) is 0.382. The van der Waals surface area contributed by atoms with Gasteiger partial charge in [-0.05, 0) is 60.7 Å². The molecule has 3 N–H and O–H groups in total. The Morgan fingerprint density at radius 2 is 1.81 bits per heavy atom. The van der Waals surface area contributed by atoms with Gasteiger partial charge in [0, 0.05) is 75.5 Å². The summed E-state index contributed by atoms with van der Waals surface area (Å²) in [5.41, 5.74) is 4.82. The largest absolute Gasteiger partial charge is 0.426 e. The number of hydrogen-bond acceptors (Lipinski definition) is 8. The molecule has 0 spiro atoms. The molecule has 13 nitrogen and oxygen atoms in total. The van der Waals surface area contributed by atoms with Gasteiger partial charge in [0.05, 0.1) is 11.7 Å². The molecule has 3 aliphatic rings. The minimum atomic E-state index is -0.817. The van der Waals surface area contributed by atoms with Gasteiger partial charge < -0.3 is 30.2 Å². The summed E-state index contributed by atoms with van der Waals surface area (Å²) in [6, 6.07) is 16.8. The standard InChI is InChI=1S/C34H39N9O4/c1-23-18-24(19-26-21-36-39-31(23)26)20-29(32(44)41-16-14-40(15-17-41)30-8-4-5-11-35-30)38-34(46)47-42-12-9-27(10-13-42)43-22-25-6-2-3-7-28(25)37-33(43)45/h2-8,11,18-19,21,27,29H,9-10,12-17,20,22H2,1H3,(H,36,39)(H,37,45)(H,38,46). The van der Waals surface area contributed by atoms with Gasteiger partial charge in [0.2, 0.25) is 5.91 Å². The number of aromatic nitrogens is 3. The van der Waals surface area contributed by atoms with Crippen LogP contribution in [0.25, 0.3) is 10.9 Å². The number of H-pyrrole nitrogens is 1. The first kappa shape index (κ1) is 30.5. The van der Waals surface area contributed by atoms with Gasteiger partial charge >= 0.3 is 12.1 Å². The highest BCUT2D eigenvalue weighted by Crippen LogP contribution is 2.28. The molecule has 1 unspecified atom stereocenters. The molecule has 1 atom stereocenters. The van der Waals surface area contributed by atoms with Crippen LogP contribution >= 0.6 is 0 Å². The first-order valence-corrected chi connectivity index (χ1v) is 16.2. The maximum absolute atomic E-state index is 14.0. The van der Waals surface area contributed by atoms with Crippen LogP contribution in [-0.4, -0.2) is 99.4 Å². The van der Waals surface area contributed by atoms with E-state index in [-0.39, 0.29) is 18.0 Å². The number of benzene rings is 2. The zero-order valence-corrected chi connectivity index (χ0v) is 26.4. The van der Waals surface area contributed by atoms with Crippen LogP contribution in [0.1, 0.15) is 29.5 Å². The van der Waals surface area contributed by atoms with E-state index in [9.17, 15) is 14.4 Å². The first-order valence-electron chi connectivity index (χ1n) is 16.2. The Hall–Kier alpha value is -5.17. The average molecular weight is 638 g/mol. The van der Waals surface area contributed by atoms with Crippen LogP contribution in [-0.2, 0) is 22.6 Å². The quantitative estimate of drug-likeness (QED) is 0.279. The molecule has 13 heteroatoms. The first-order chi connectivity index (χ1) is 22.9. The number of para-hydroxylation sites is 1. The average Bonchev–Trinajstić information content (AvgIpc) is 3.58. The number of aromatic amines is 1. The van der Waals surface area contributed by atoms with Crippen LogP contribution in [0, 0.1) is 6.92 Å². The van der Waals surface area contributed by atoms with Crippen LogP contribution < -0.4 is 15.5 Å².